The summed E-state index contributed by atoms with van der Waals surface area (Å²) in [5.74, 6) is 1.66. The minimum Gasteiger partial charge on any atom is -0.497 e. The van der Waals surface area contributed by atoms with Crippen LogP contribution in [0.2, 0.25) is 0 Å². The molecule has 20 heavy (non-hydrogen) atoms. The lowest BCUT2D eigenvalue weighted by molar-refractivity contribution is 0.115. The van der Waals surface area contributed by atoms with E-state index >= 15 is 0 Å². The average Bonchev–Trinajstić information content (AvgIpc) is 2.47. The topological polar surface area (TPSA) is 33.7 Å². The van der Waals surface area contributed by atoms with Crippen LogP contribution in [0.15, 0.2) is 18.2 Å². The van der Waals surface area contributed by atoms with Crippen molar-refractivity contribution in [2.24, 2.45) is 0 Å². The van der Waals surface area contributed by atoms with E-state index in [1.807, 2.05) is 19.2 Å². The summed E-state index contributed by atoms with van der Waals surface area (Å²) in [5.41, 5.74) is 1.14. The highest BCUT2D eigenvalue weighted by Gasteiger charge is 2.36. The predicted octanol–water partition coefficient (Wildman–Crippen LogP) is 2.69. The maximum absolute atomic E-state index is 5.55. The van der Waals surface area contributed by atoms with Crippen molar-refractivity contribution in [1.29, 1.82) is 0 Å². The molecule has 0 aliphatic carbocycles. The van der Waals surface area contributed by atoms with Crippen LogP contribution in [-0.4, -0.2) is 45.8 Å². The zero-order chi connectivity index (χ0) is 15.3. The Morgan fingerprint density at radius 3 is 2.30 bits per heavy atom. The first-order valence-electron chi connectivity index (χ1n) is 7.01. The SMILES string of the molecule is CCC(C)(C(NC)c1ccc(OC)cc1OC)N(C)C. The maximum Gasteiger partial charge on any atom is 0.127 e. The van der Waals surface area contributed by atoms with Gasteiger partial charge in [0.15, 0.2) is 0 Å². The van der Waals surface area contributed by atoms with Gasteiger partial charge < -0.3 is 19.7 Å². The number of hydrogen-bond donors (Lipinski definition) is 1. The summed E-state index contributed by atoms with van der Waals surface area (Å²) in [6.45, 7) is 4.47. The van der Waals surface area contributed by atoms with Gasteiger partial charge >= 0.3 is 0 Å². The van der Waals surface area contributed by atoms with Crippen LogP contribution >= 0.6 is 0 Å². The Bertz CT molecular complexity index is 434. The van der Waals surface area contributed by atoms with E-state index < -0.39 is 0 Å². The monoisotopic (exact) mass is 280 g/mol. The highest BCUT2D eigenvalue weighted by atomic mass is 16.5. The number of methoxy groups -OCH3 is 2. The van der Waals surface area contributed by atoms with E-state index in [0.717, 1.165) is 23.5 Å². The number of ether oxygens (including phenoxy) is 2. The molecule has 0 amide bonds. The van der Waals surface area contributed by atoms with Gasteiger partial charge in [0.1, 0.15) is 11.5 Å². The molecular weight excluding hydrogens is 252 g/mol. The lowest BCUT2D eigenvalue weighted by Crippen LogP contribution is -2.50. The van der Waals surface area contributed by atoms with Gasteiger partial charge in [0, 0.05) is 17.2 Å². The molecule has 0 aliphatic rings. The quantitative estimate of drug-likeness (QED) is 0.832. The molecule has 0 saturated carbocycles. The first kappa shape index (κ1) is 16.8. The highest BCUT2D eigenvalue weighted by Crippen LogP contribution is 2.38. The van der Waals surface area contributed by atoms with Gasteiger partial charge in [-0.3, -0.25) is 0 Å². The van der Waals surface area contributed by atoms with E-state index in [1.54, 1.807) is 14.2 Å². The fraction of sp³-hybridized carbons (Fsp3) is 0.625. The van der Waals surface area contributed by atoms with E-state index in [0.29, 0.717) is 0 Å². The maximum atomic E-state index is 5.55. The van der Waals surface area contributed by atoms with Gasteiger partial charge in [0.05, 0.1) is 20.3 Å². The Morgan fingerprint density at radius 1 is 1.25 bits per heavy atom. The largest absolute Gasteiger partial charge is 0.497 e. The molecule has 0 radical (unpaired) electrons. The molecule has 0 aromatic heterocycles. The third-order valence-electron chi connectivity index (χ3n) is 4.40. The number of nitrogens with zero attached hydrogens (tertiary/aromatic N) is 1. The third-order valence-corrected chi connectivity index (χ3v) is 4.40. The zero-order valence-electron chi connectivity index (χ0n) is 13.8. The second-order valence-electron chi connectivity index (χ2n) is 5.43. The van der Waals surface area contributed by atoms with E-state index in [9.17, 15) is 0 Å². The molecule has 1 N–H and O–H groups in total. The normalized spacial score (nSPS) is 15.8. The van der Waals surface area contributed by atoms with E-state index in [4.69, 9.17) is 9.47 Å². The summed E-state index contributed by atoms with van der Waals surface area (Å²) in [5, 5.41) is 3.44. The Hall–Kier alpha value is -1.26. The molecule has 4 nitrogen and oxygen atoms in total. The van der Waals surface area contributed by atoms with E-state index in [-0.39, 0.29) is 11.6 Å². The number of hydrogen-bond acceptors (Lipinski definition) is 4. The van der Waals surface area contributed by atoms with E-state index in [1.165, 1.54) is 0 Å². The fourth-order valence-corrected chi connectivity index (χ4v) is 2.64. The smallest absolute Gasteiger partial charge is 0.127 e. The fourth-order valence-electron chi connectivity index (χ4n) is 2.64. The molecule has 2 unspecified atom stereocenters. The lowest BCUT2D eigenvalue weighted by atomic mass is 9.83. The third kappa shape index (κ3) is 3.07. The second kappa shape index (κ2) is 6.95. The molecule has 0 spiro atoms. The van der Waals surface area contributed by atoms with Gasteiger partial charge in [-0.05, 0) is 46.6 Å². The molecule has 0 bridgehead atoms. The van der Waals surface area contributed by atoms with Crippen molar-refractivity contribution in [3.8, 4) is 11.5 Å². The number of likely N-dealkylation sites (N-methyl/N-ethyl adjacent to an activating group) is 2. The Labute approximate surface area is 123 Å². The van der Waals surface area contributed by atoms with Crippen molar-refractivity contribution in [1.82, 2.24) is 10.2 Å². The molecule has 1 aromatic carbocycles. The second-order valence-corrected chi connectivity index (χ2v) is 5.43. The molecule has 2 atom stereocenters. The van der Waals surface area contributed by atoms with Crippen molar-refractivity contribution in [3.63, 3.8) is 0 Å². The van der Waals surface area contributed by atoms with Crippen molar-refractivity contribution in [3.05, 3.63) is 23.8 Å². The van der Waals surface area contributed by atoms with Crippen LogP contribution in [0.4, 0.5) is 0 Å². The van der Waals surface area contributed by atoms with Gasteiger partial charge in [-0.25, -0.2) is 0 Å². The molecule has 1 rings (SSSR count). The van der Waals surface area contributed by atoms with Gasteiger partial charge in [-0.1, -0.05) is 6.92 Å². The molecule has 0 saturated heterocycles. The van der Waals surface area contributed by atoms with Crippen LogP contribution in [0.3, 0.4) is 0 Å². The Kier molecular flexibility index (Phi) is 5.84. The van der Waals surface area contributed by atoms with Gasteiger partial charge in [0.25, 0.3) is 0 Å². The summed E-state index contributed by atoms with van der Waals surface area (Å²) >= 11 is 0. The van der Waals surface area contributed by atoms with Crippen molar-refractivity contribution in [2.75, 3.05) is 35.4 Å². The molecular formula is C16H28N2O2. The predicted molar refractivity (Wildman–Crippen MR) is 83.7 cm³/mol. The van der Waals surface area contributed by atoms with Crippen molar-refractivity contribution in [2.45, 2.75) is 31.8 Å². The Morgan fingerprint density at radius 2 is 1.90 bits per heavy atom. The average molecular weight is 280 g/mol. The van der Waals surface area contributed by atoms with E-state index in [2.05, 4.69) is 44.2 Å². The molecule has 114 valence electrons. The minimum atomic E-state index is -0.00335. The summed E-state index contributed by atoms with van der Waals surface area (Å²) in [6, 6.07) is 6.17. The van der Waals surface area contributed by atoms with Crippen LogP contribution in [0.1, 0.15) is 31.9 Å². The molecule has 0 heterocycles. The molecule has 0 aliphatic heterocycles. The van der Waals surface area contributed by atoms with Crippen LogP contribution in [0.25, 0.3) is 0 Å². The van der Waals surface area contributed by atoms with Gasteiger partial charge in [0.2, 0.25) is 0 Å². The first-order chi connectivity index (χ1) is 9.44. The van der Waals surface area contributed by atoms with Crippen LogP contribution in [0.5, 0.6) is 11.5 Å². The van der Waals surface area contributed by atoms with Gasteiger partial charge in [-0.2, -0.15) is 0 Å². The number of benzene rings is 1. The summed E-state index contributed by atoms with van der Waals surface area (Å²) in [6.07, 6.45) is 1.03. The van der Waals surface area contributed by atoms with Crippen LogP contribution in [0, 0.1) is 0 Å². The van der Waals surface area contributed by atoms with Crippen LogP contribution < -0.4 is 14.8 Å². The van der Waals surface area contributed by atoms with Gasteiger partial charge in [-0.15, -0.1) is 0 Å². The van der Waals surface area contributed by atoms with Crippen molar-refractivity contribution >= 4 is 0 Å². The highest BCUT2D eigenvalue weighted by molar-refractivity contribution is 5.43. The summed E-state index contributed by atoms with van der Waals surface area (Å²) in [7, 11) is 9.59. The minimum absolute atomic E-state index is 0.00335. The summed E-state index contributed by atoms with van der Waals surface area (Å²) < 4.78 is 10.8. The molecule has 1 aromatic rings. The standard InChI is InChI=1S/C16H28N2O2/c1-8-16(2,18(4)5)15(17-3)13-10-9-12(19-6)11-14(13)20-7/h9-11,15,17H,8H2,1-7H3. The van der Waals surface area contributed by atoms with Crippen LogP contribution in [-0.2, 0) is 0 Å². The molecule has 4 heteroatoms. The molecule has 0 fully saturated rings. The Balaban J connectivity index is 3.31. The zero-order valence-corrected chi connectivity index (χ0v) is 13.8. The number of nitrogens with one attached hydrogen (secondary N) is 1. The van der Waals surface area contributed by atoms with Crippen molar-refractivity contribution < 1.29 is 9.47 Å². The first-order valence-corrected chi connectivity index (χ1v) is 7.01. The summed E-state index contributed by atoms with van der Waals surface area (Å²) in [4.78, 5) is 2.26. The lowest BCUT2D eigenvalue weighted by Gasteiger charge is -2.43. The number of rotatable bonds is 7.